The Morgan fingerprint density at radius 3 is 2.59 bits per heavy atom. The lowest BCUT2D eigenvalue weighted by atomic mass is 9.91. The maximum absolute atomic E-state index is 13.7. The molecule has 0 spiro atoms. The Bertz CT molecular complexity index is 1180. The maximum Gasteiger partial charge on any atom is 0.267 e. The van der Waals surface area contributed by atoms with E-state index in [9.17, 15) is 9.59 Å². The number of piperidine rings is 1. The number of nitrogens with zero attached hydrogens (tertiary/aromatic N) is 4. The highest BCUT2D eigenvalue weighted by atomic mass is 32.2. The number of unbranched alkanes of at least 4 members (excludes halogenated alkanes) is 3. The topological polar surface area (TPSA) is 57.9 Å². The summed E-state index contributed by atoms with van der Waals surface area (Å²) < 4.78 is 2.16. The standard InChI is InChI=1S/C26H34N4O2S2/c1-5-6-7-8-11-29-25(32)21(34-26(29)33)13-20-23(28-14-18(3)12-19(4)15-28)27-22-10-9-17(2)16-30(22)24(20)31/h9-10,13,16,18-19H,5-8,11-12,14-15H2,1-4H3/b21-13+/t18-,19+. The predicted octanol–water partition coefficient (Wildman–Crippen LogP) is 5.27. The van der Waals surface area contributed by atoms with Crippen molar-refractivity contribution in [2.24, 2.45) is 11.8 Å². The fourth-order valence-corrected chi connectivity index (χ4v) is 6.26. The van der Waals surface area contributed by atoms with Gasteiger partial charge in [0, 0.05) is 25.8 Å². The molecule has 2 aromatic heterocycles. The van der Waals surface area contributed by atoms with E-state index in [4.69, 9.17) is 17.2 Å². The maximum atomic E-state index is 13.7. The van der Waals surface area contributed by atoms with Gasteiger partial charge in [-0.05, 0) is 49.3 Å². The van der Waals surface area contributed by atoms with Crippen LogP contribution >= 0.6 is 24.0 Å². The lowest BCUT2D eigenvalue weighted by Gasteiger charge is -2.36. The van der Waals surface area contributed by atoms with Crippen LogP contribution in [0, 0.1) is 18.8 Å². The van der Waals surface area contributed by atoms with Crippen LogP contribution in [0.5, 0.6) is 0 Å². The second-order valence-corrected chi connectivity index (χ2v) is 11.5. The van der Waals surface area contributed by atoms with Gasteiger partial charge < -0.3 is 4.90 Å². The first-order valence-corrected chi connectivity index (χ1v) is 13.5. The van der Waals surface area contributed by atoms with Crippen LogP contribution < -0.4 is 10.5 Å². The summed E-state index contributed by atoms with van der Waals surface area (Å²) in [6, 6.07) is 3.85. The Balaban J connectivity index is 1.75. The number of thiocarbonyl (C=S) groups is 1. The van der Waals surface area contributed by atoms with E-state index in [1.807, 2.05) is 25.3 Å². The van der Waals surface area contributed by atoms with E-state index in [-0.39, 0.29) is 11.5 Å². The Labute approximate surface area is 211 Å². The van der Waals surface area contributed by atoms with Crippen molar-refractivity contribution in [2.75, 3.05) is 24.5 Å². The molecule has 2 aromatic rings. The van der Waals surface area contributed by atoms with Gasteiger partial charge in [-0.1, -0.05) is 70.1 Å². The lowest BCUT2D eigenvalue weighted by molar-refractivity contribution is -0.122. The number of pyridine rings is 1. The molecule has 0 N–H and O–H groups in total. The molecule has 0 bridgehead atoms. The van der Waals surface area contributed by atoms with Crippen LogP contribution in [-0.4, -0.2) is 44.1 Å². The molecule has 0 unspecified atom stereocenters. The van der Waals surface area contributed by atoms with Crippen molar-refractivity contribution in [3.63, 3.8) is 0 Å². The average molecular weight is 499 g/mol. The number of carbonyl (C=O) groups excluding carboxylic acids is 1. The van der Waals surface area contributed by atoms with Crippen molar-refractivity contribution < 1.29 is 4.79 Å². The van der Waals surface area contributed by atoms with Crippen molar-refractivity contribution >= 4 is 51.7 Å². The smallest absolute Gasteiger partial charge is 0.267 e. The van der Waals surface area contributed by atoms with E-state index in [2.05, 4.69) is 25.7 Å². The molecule has 2 fully saturated rings. The number of carbonyl (C=O) groups is 1. The first kappa shape index (κ1) is 24.9. The largest absolute Gasteiger partial charge is 0.355 e. The molecule has 2 aliphatic heterocycles. The van der Waals surface area contributed by atoms with Gasteiger partial charge in [-0.15, -0.1) is 0 Å². The van der Waals surface area contributed by atoms with Crippen LogP contribution in [0.1, 0.15) is 64.0 Å². The molecule has 182 valence electrons. The molecular weight excluding hydrogens is 464 g/mol. The zero-order valence-electron chi connectivity index (χ0n) is 20.5. The Hall–Kier alpha value is -2.19. The summed E-state index contributed by atoms with van der Waals surface area (Å²) in [6.07, 6.45) is 9.02. The number of hydrogen-bond donors (Lipinski definition) is 0. The van der Waals surface area contributed by atoms with Gasteiger partial charge >= 0.3 is 0 Å². The van der Waals surface area contributed by atoms with Crippen molar-refractivity contribution in [1.29, 1.82) is 0 Å². The van der Waals surface area contributed by atoms with Crippen molar-refractivity contribution in [1.82, 2.24) is 14.3 Å². The number of anilines is 1. The van der Waals surface area contributed by atoms with Gasteiger partial charge in [0.2, 0.25) is 0 Å². The predicted molar refractivity (Wildman–Crippen MR) is 145 cm³/mol. The summed E-state index contributed by atoms with van der Waals surface area (Å²) in [4.78, 5) is 36.2. The average Bonchev–Trinajstić information content (AvgIpc) is 3.05. The highest BCUT2D eigenvalue weighted by molar-refractivity contribution is 8.26. The lowest BCUT2D eigenvalue weighted by Crippen LogP contribution is -2.40. The molecule has 2 atom stereocenters. The number of hydrogen-bond acceptors (Lipinski definition) is 6. The second kappa shape index (κ2) is 10.6. The van der Waals surface area contributed by atoms with E-state index in [1.165, 1.54) is 11.8 Å². The minimum atomic E-state index is -0.150. The minimum Gasteiger partial charge on any atom is -0.355 e. The molecule has 0 radical (unpaired) electrons. The molecular formula is C26H34N4O2S2. The van der Waals surface area contributed by atoms with Gasteiger partial charge in [-0.2, -0.15) is 0 Å². The fraction of sp³-hybridized carbons (Fsp3) is 0.538. The molecule has 6 nitrogen and oxygen atoms in total. The highest BCUT2D eigenvalue weighted by Gasteiger charge is 2.33. The molecule has 2 saturated heterocycles. The van der Waals surface area contributed by atoms with E-state index in [1.54, 1.807) is 15.4 Å². The Morgan fingerprint density at radius 2 is 1.88 bits per heavy atom. The van der Waals surface area contributed by atoms with Crippen LogP contribution in [0.2, 0.25) is 0 Å². The quantitative estimate of drug-likeness (QED) is 0.295. The number of amides is 1. The van der Waals surface area contributed by atoms with E-state index in [0.29, 0.717) is 44.6 Å². The van der Waals surface area contributed by atoms with E-state index < -0.39 is 0 Å². The van der Waals surface area contributed by atoms with E-state index in [0.717, 1.165) is 50.8 Å². The van der Waals surface area contributed by atoms with Gasteiger partial charge in [0.15, 0.2) is 0 Å². The summed E-state index contributed by atoms with van der Waals surface area (Å²) in [5, 5.41) is 0. The third-order valence-electron chi connectivity index (χ3n) is 6.54. The monoisotopic (exact) mass is 498 g/mol. The molecule has 4 rings (SSSR count). The van der Waals surface area contributed by atoms with Gasteiger partial charge in [-0.3, -0.25) is 18.9 Å². The Morgan fingerprint density at radius 1 is 1.15 bits per heavy atom. The third kappa shape index (κ3) is 5.23. The first-order valence-electron chi connectivity index (χ1n) is 12.3. The second-order valence-electron chi connectivity index (χ2n) is 9.83. The summed E-state index contributed by atoms with van der Waals surface area (Å²) in [7, 11) is 0. The van der Waals surface area contributed by atoms with Gasteiger partial charge in [0.05, 0.1) is 10.5 Å². The molecule has 0 aliphatic carbocycles. The number of aryl methyl sites for hydroxylation is 1. The van der Waals surface area contributed by atoms with Crippen LogP contribution in [0.4, 0.5) is 5.82 Å². The van der Waals surface area contributed by atoms with Gasteiger partial charge in [0.1, 0.15) is 15.8 Å². The number of thioether (sulfide) groups is 1. The normalized spacial score (nSPS) is 22.4. The molecule has 1 amide bonds. The van der Waals surface area contributed by atoms with Crippen LogP contribution in [0.15, 0.2) is 28.0 Å². The summed E-state index contributed by atoms with van der Waals surface area (Å²) in [6.45, 7) is 10.9. The number of aromatic nitrogens is 2. The zero-order chi connectivity index (χ0) is 24.4. The third-order valence-corrected chi connectivity index (χ3v) is 7.92. The summed E-state index contributed by atoms with van der Waals surface area (Å²) >= 11 is 6.81. The highest BCUT2D eigenvalue weighted by Crippen LogP contribution is 2.34. The molecule has 34 heavy (non-hydrogen) atoms. The Kier molecular flexibility index (Phi) is 7.77. The van der Waals surface area contributed by atoms with Crippen LogP contribution in [-0.2, 0) is 4.79 Å². The summed E-state index contributed by atoms with van der Waals surface area (Å²) in [5.74, 6) is 1.58. The number of fused-ring (bicyclic) bond motifs is 1. The van der Waals surface area contributed by atoms with E-state index >= 15 is 0 Å². The minimum absolute atomic E-state index is 0.105. The summed E-state index contributed by atoms with van der Waals surface area (Å²) in [5.41, 5.74) is 1.92. The first-order chi connectivity index (χ1) is 16.3. The molecule has 0 aromatic carbocycles. The van der Waals surface area contributed by atoms with Crippen LogP contribution in [0.25, 0.3) is 11.7 Å². The fourth-order valence-electron chi connectivity index (χ4n) is 4.97. The van der Waals surface area contributed by atoms with Crippen molar-refractivity contribution in [3.05, 3.63) is 44.7 Å². The van der Waals surface area contributed by atoms with Crippen molar-refractivity contribution in [3.8, 4) is 0 Å². The molecule has 0 saturated carbocycles. The SMILES string of the molecule is CCCCCCN1C(=O)/C(=C\c2c(N3C[C@H](C)C[C@H](C)C3)nc3ccc(C)cn3c2=O)SC1=S. The molecule has 2 aliphatic rings. The molecule has 8 heteroatoms. The molecule has 4 heterocycles. The van der Waals surface area contributed by atoms with Gasteiger partial charge in [-0.25, -0.2) is 4.98 Å². The van der Waals surface area contributed by atoms with Crippen LogP contribution in [0.3, 0.4) is 0 Å². The van der Waals surface area contributed by atoms with Gasteiger partial charge in [0.25, 0.3) is 11.5 Å². The number of rotatable bonds is 7. The zero-order valence-corrected chi connectivity index (χ0v) is 22.2. The van der Waals surface area contributed by atoms with Crippen molar-refractivity contribution in [2.45, 2.75) is 59.8 Å².